The molecular weight excluding hydrogens is 885 g/mol. The van der Waals surface area contributed by atoms with Crippen LogP contribution in [0.25, 0.3) is 0 Å². The summed E-state index contributed by atoms with van der Waals surface area (Å²) in [4.78, 5) is 24.5. The minimum atomic E-state index is -0.787. The van der Waals surface area contributed by atoms with E-state index in [2.05, 4.69) is 135 Å². The largest absolute Gasteiger partial charge is 0.462 e. The normalized spacial score (nSPS) is 13.1. The maximum Gasteiger partial charge on any atom is 0.306 e. The van der Waals surface area contributed by atoms with Crippen LogP contribution < -0.4 is 0 Å². The van der Waals surface area contributed by atoms with Crippen molar-refractivity contribution in [3.63, 3.8) is 0 Å². The number of aliphatic hydroxyl groups is 1. The van der Waals surface area contributed by atoms with Crippen LogP contribution >= 0.6 is 0 Å². The van der Waals surface area contributed by atoms with E-state index in [1.165, 1.54) is 122 Å². The maximum atomic E-state index is 12.3. The lowest BCUT2D eigenvalue weighted by atomic mass is 10.0. The third-order valence-electron chi connectivity index (χ3n) is 12.8. The number of unbranched alkanes of at least 4 members (excludes halogenated alkanes) is 26. The van der Waals surface area contributed by atoms with Gasteiger partial charge in [0.05, 0.1) is 6.61 Å². The third-order valence-corrected chi connectivity index (χ3v) is 12.8. The summed E-state index contributed by atoms with van der Waals surface area (Å²) in [6, 6.07) is 0. The second kappa shape index (κ2) is 61.6. The van der Waals surface area contributed by atoms with Gasteiger partial charge in [-0.1, -0.05) is 277 Å². The number of carbonyl (C=O) groups is 2. The minimum Gasteiger partial charge on any atom is -0.462 e. The molecule has 0 aromatic heterocycles. The summed E-state index contributed by atoms with van der Waals surface area (Å²) in [6.07, 6.45) is 90.5. The predicted octanol–water partition coefficient (Wildman–Crippen LogP) is 20.6. The quantitative estimate of drug-likeness (QED) is 0.0373. The van der Waals surface area contributed by atoms with E-state index in [4.69, 9.17) is 9.47 Å². The van der Waals surface area contributed by atoms with Crippen LogP contribution in [0.2, 0.25) is 0 Å². The van der Waals surface area contributed by atoms with E-state index in [0.29, 0.717) is 12.8 Å². The van der Waals surface area contributed by atoms with Crippen LogP contribution in [0.1, 0.15) is 271 Å². The predicted molar refractivity (Wildman–Crippen MR) is 315 cm³/mol. The standard InChI is InChI=1S/C67H112O5/c1-3-5-7-9-11-13-15-17-19-21-23-25-26-27-28-29-30-31-32-33-34-35-36-37-38-39-40-42-44-46-48-50-52-54-56-58-60-62-67(70)72-65(63-68)64-71-66(69)61-59-57-55-53-51-49-47-45-43-41-24-22-20-18-16-14-12-10-8-6-4-2/h5-8,11-14,17-20,23-25,27-28,41,45,47,65,68H,3-4,9-10,15-16,21-22,26,29-40,42-44,46,48-64H2,1-2H3/b7-5-,8-6-,13-11-,14-12-,19-17-,20-18-,25-23-,28-27-,41-24-,47-45-. The number of rotatable bonds is 54. The number of esters is 2. The van der Waals surface area contributed by atoms with Gasteiger partial charge in [0.2, 0.25) is 0 Å². The molecule has 0 saturated carbocycles. The molecule has 0 rings (SSSR count). The second-order valence-electron chi connectivity index (χ2n) is 19.7. The van der Waals surface area contributed by atoms with Gasteiger partial charge in [0, 0.05) is 12.8 Å². The first-order chi connectivity index (χ1) is 35.6. The van der Waals surface area contributed by atoms with E-state index in [1.807, 2.05) is 0 Å². The van der Waals surface area contributed by atoms with Crippen LogP contribution in [0.4, 0.5) is 0 Å². The van der Waals surface area contributed by atoms with Gasteiger partial charge in [-0.25, -0.2) is 0 Å². The Morgan fingerprint density at radius 1 is 0.319 bits per heavy atom. The molecule has 0 aromatic rings. The summed E-state index contributed by atoms with van der Waals surface area (Å²) in [6.45, 7) is 3.91. The van der Waals surface area contributed by atoms with Gasteiger partial charge >= 0.3 is 11.9 Å². The Labute approximate surface area is 445 Å². The molecule has 0 heterocycles. The molecular formula is C67H112O5. The molecule has 0 bridgehead atoms. The zero-order chi connectivity index (χ0) is 52.0. The number of ether oxygens (including phenoxy) is 2. The molecule has 0 saturated heterocycles. The van der Waals surface area contributed by atoms with Crippen molar-refractivity contribution in [3.8, 4) is 0 Å². The topological polar surface area (TPSA) is 72.8 Å². The summed E-state index contributed by atoms with van der Waals surface area (Å²) < 4.78 is 10.7. The molecule has 0 aliphatic rings. The maximum absolute atomic E-state index is 12.3. The molecule has 0 aliphatic carbocycles. The van der Waals surface area contributed by atoms with Crippen molar-refractivity contribution in [1.82, 2.24) is 0 Å². The van der Waals surface area contributed by atoms with E-state index in [0.717, 1.165) is 122 Å². The fraction of sp³-hybridized carbons (Fsp3) is 0.672. The van der Waals surface area contributed by atoms with Gasteiger partial charge in [-0.15, -0.1) is 0 Å². The second-order valence-corrected chi connectivity index (χ2v) is 19.7. The van der Waals surface area contributed by atoms with Crippen molar-refractivity contribution < 1.29 is 24.2 Å². The van der Waals surface area contributed by atoms with Crippen molar-refractivity contribution in [2.45, 2.75) is 277 Å². The fourth-order valence-corrected chi connectivity index (χ4v) is 8.32. The lowest BCUT2D eigenvalue weighted by molar-refractivity contribution is -0.161. The fourth-order valence-electron chi connectivity index (χ4n) is 8.32. The van der Waals surface area contributed by atoms with Crippen LogP contribution in [-0.2, 0) is 19.1 Å². The van der Waals surface area contributed by atoms with Crippen molar-refractivity contribution >= 4 is 11.9 Å². The molecule has 0 aromatic carbocycles. The van der Waals surface area contributed by atoms with E-state index in [1.54, 1.807) is 0 Å². The lowest BCUT2D eigenvalue weighted by Crippen LogP contribution is -2.28. The highest BCUT2D eigenvalue weighted by molar-refractivity contribution is 5.70. The zero-order valence-electron chi connectivity index (χ0n) is 46.9. The Hall–Kier alpha value is -3.70. The summed E-state index contributed by atoms with van der Waals surface area (Å²) in [5.74, 6) is -0.610. The number of carbonyl (C=O) groups excluding carboxylic acids is 2. The Balaban J connectivity index is 3.48. The molecule has 1 N–H and O–H groups in total. The van der Waals surface area contributed by atoms with Crippen molar-refractivity contribution in [1.29, 1.82) is 0 Å². The van der Waals surface area contributed by atoms with Crippen LogP contribution in [0.3, 0.4) is 0 Å². The van der Waals surface area contributed by atoms with E-state index < -0.39 is 6.10 Å². The Bertz CT molecular complexity index is 1450. The van der Waals surface area contributed by atoms with Crippen LogP contribution in [0.5, 0.6) is 0 Å². The molecule has 410 valence electrons. The Morgan fingerprint density at radius 2 is 0.556 bits per heavy atom. The first kappa shape index (κ1) is 68.3. The van der Waals surface area contributed by atoms with Gasteiger partial charge in [-0.3, -0.25) is 9.59 Å². The van der Waals surface area contributed by atoms with Gasteiger partial charge in [0.15, 0.2) is 6.10 Å². The van der Waals surface area contributed by atoms with Gasteiger partial charge in [0.1, 0.15) is 6.61 Å². The van der Waals surface area contributed by atoms with E-state index >= 15 is 0 Å². The molecule has 0 amide bonds. The average molecular weight is 998 g/mol. The molecule has 5 nitrogen and oxygen atoms in total. The first-order valence-corrected chi connectivity index (χ1v) is 30.1. The molecule has 5 heteroatoms. The Kier molecular flexibility index (Phi) is 58.4. The van der Waals surface area contributed by atoms with Crippen LogP contribution in [-0.4, -0.2) is 36.4 Å². The van der Waals surface area contributed by atoms with Crippen LogP contribution in [0.15, 0.2) is 122 Å². The lowest BCUT2D eigenvalue weighted by Gasteiger charge is -2.15. The van der Waals surface area contributed by atoms with Crippen molar-refractivity contribution in [2.75, 3.05) is 13.2 Å². The zero-order valence-corrected chi connectivity index (χ0v) is 46.9. The number of hydrogen-bond donors (Lipinski definition) is 1. The third kappa shape index (κ3) is 58.9. The number of hydrogen-bond acceptors (Lipinski definition) is 5. The van der Waals surface area contributed by atoms with Gasteiger partial charge in [-0.05, 0) is 103 Å². The molecule has 0 spiro atoms. The highest BCUT2D eigenvalue weighted by Gasteiger charge is 2.16. The molecule has 72 heavy (non-hydrogen) atoms. The van der Waals surface area contributed by atoms with E-state index in [9.17, 15) is 14.7 Å². The minimum absolute atomic E-state index is 0.0798. The van der Waals surface area contributed by atoms with E-state index in [-0.39, 0.29) is 25.2 Å². The monoisotopic (exact) mass is 997 g/mol. The van der Waals surface area contributed by atoms with Gasteiger partial charge in [0.25, 0.3) is 0 Å². The van der Waals surface area contributed by atoms with Crippen LogP contribution in [0, 0.1) is 0 Å². The molecule has 0 aliphatic heterocycles. The summed E-state index contributed by atoms with van der Waals surface area (Å²) in [5, 5.41) is 9.66. The average Bonchev–Trinajstić information content (AvgIpc) is 3.38. The van der Waals surface area contributed by atoms with Gasteiger partial charge < -0.3 is 14.6 Å². The molecule has 0 fully saturated rings. The molecule has 1 unspecified atom stereocenters. The smallest absolute Gasteiger partial charge is 0.306 e. The molecule has 1 atom stereocenters. The summed E-state index contributed by atoms with van der Waals surface area (Å²) in [7, 11) is 0. The SMILES string of the molecule is CC/C=C\C/C=C\C/C=C\C/C=C\C/C=C\CCCCCCCCCCCCCCCCCCCCCCCC(=O)OC(CO)COC(=O)CCCCCCC/C=C\C/C=C\C/C=C\C/C=C\C/C=C\CC. The Morgan fingerprint density at radius 3 is 0.833 bits per heavy atom. The first-order valence-electron chi connectivity index (χ1n) is 30.1. The summed E-state index contributed by atoms with van der Waals surface area (Å²) in [5.41, 5.74) is 0. The van der Waals surface area contributed by atoms with Crippen molar-refractivity contribution in [3.05, 3.63) is 122 Å². The molecule has 0 radical (unpaired) electrons. The highest BCUT2D eigenvalue weighted by atomic mass is 16.6. The van der Waals surface area contributed by atoms with Gasteiger partial charge in [-0.2, -0.15) is 0 Å². The summed E-state index contributed by atoms with van der Waals surface area (Å²) >= 11 is 0. The van der Waals surface area contributed by atoms with Crippen molar-refractivity contribution in [2.24, 2.45) is 0 Å². The highest BCUT2D eigenvalue weighted by Crippen LogP contribution is 2.16. The number of aliphatic hydroxyl groups excluding tert-OH is 1. The number of allylic oxidation sites excluding steroid dienone is 20.